The number of carbonyl (C=O) groups excluding carboxylic acids is 1. The number of benzene rings is 1. The maximum atomic E-state index is 12.2. The summed E-state index contributed by atoms with van der Waals surface area (Å²) < 4.78 is 1.94. The van der Waals surface area contributed by atoms with Crippen LogP contribution in [0.4, 0.5) is 17.2 Å². The molecule has 2 N–H and O–H groups in total. The highest BCUT2D eigenvalue weighted by Gasteiger charge is 2.11. The maximum absolute atomic E-state index is 12.2. The summed E-state index contributed by atoms with van der Waals surface area (Å²) in [4.78, 5) is 14.7. The second kappa shape index (κ2) is 9.29. The Hall–Kier alpha value is -3.26. The van der Waals surface area contributed by atoms with Crippen molar-refractivity contribution >= 4 is 23.1 Å². The third kappa shape index (κ3) is 5.39. The summed E-state index contributed by atoms with van der Waals surface area (Å²) in [7, 11) is 0. The summed E-state index contributed by atoms with van der Waals surface area (Å²) in [6.07, 6.45) is 7.67. The van der Waals surface area contributed by atoms with E-state index in [-0.39, 0.29) is 11.6 Å². The third-order valence-electron chi connectivity index (χ3n) is 4.93. The zero-order valence-electron chi connectivity index (χ0n) is 16.3. The highest BCUT2D eigenvalue weighted by Crippen LogP contribution is 2.14. The Bertz CT molecular complexity index is 918. The van der Waals surface area contributed by atoms with Crippen molar-refractivity contribution < 1.29 is 4.79 Å². The molecule has 29 heavy (non-hydrogen) atoms. The van der Waals surface area contributed by atoms with E-state index in [1.807, 2.05) is 41.2 Å². The van der Waals surface area contributed by atoms with Crippen LogP contribution in [0, 0.1) is 0 Å². The fourth-order valence-electron chi connectivity index (χ4n) is 3.36. The van der Waals surface area contributed by atoms with Crippen LogP contribution in [0.2, 0.25) is 0 Å². The predicted molar refractivity (Wildman–Crippen MR) is 112 cm³/mol. The van der Waals surface area contributed by atoms with E-state index in [1.54, 1.807) is 18.3 Å². The molecule has 0 unspecified atom stereocenters. The van der Waals surface area contributed by atoms with Crippen LogP contribution < -0.4 is 10.6 Å². The largest absolute Gasteiger partial charge is 0.336 e. The van der Waals surface area contributed by atoms with Gasteiger partial charge in [-0.1, -0.05) is 24.6 Å². The topological polar surface area (TPSA) is 88.0 Å². The van der Waals surface area contributed by atoms with Crippen LogP contribution in [0.5, 0.6) is 0 Å². The average molecular weight is 391 g/mol. The van der Waals surface area contributed by atoms with Crippen molar-refractivity contribution in [2.45, 2.75) is 25.8 Å². The Morgan fingerprint density at radius 2 is 1.76 bits per heavy atom. The highest BCUT2D eigenvalue weighted by molar-refractivity contribution is 6.02. The normalized spacial score (nSPS) is 14.5. The van der Waals surface area contributed by atoms with Crippen molar-refractivity contribution in [3.63, 3.8) is 0 Å². The number of amides is 1. The monoisotopic (exact) mass is 391 g/mol. The number of nitrogens with zero attached hydrogens (tertiary/aromatic N) is 5. The molecule has 1 aliphatic heterocycles. The number of anilines is 3. The second-order valence-electron chi connectivity index (χ2n) is 7.14. The van der Waals surface area contributed by atoms with Crippen LogP contribution in [0.1, 0.15) is 29.8 Å². The Labute approximate surface area is 169 Å². The number of aromatic nitrogens is 4. The summed E-state index contributed by atoms with van der Waals surface area (Å²) in [5.74, 6) is 0.276. The Kier molecular flexibility index (Phi) is 6.11. The summed E-state index contributed by atoms with van der Waals surface area (Å²) in [5, 5.41) is 18.5. The minimum Gasteiger partial charge on any atom is -0.336 e. The van der Waals surface area contributed by atoms with Crippen LogP contribution in [0.3, 0.4) is 0 Å². The third-order valence-corrected chi connectivity index (χ3v) is 4.93. The van der Waals surface area contributed by atoms with Gasteiger partial charge in [-0.05, 0) is 50.2 Å². The second-order valence-corrected chi connectivity index (χ2v) is 7.14. The number of nitrogens with one attached hydrogen (secondary N) is 2. The number of rotatable bonds is 7. The quantitative estimate of drug-likeness (QED) is 0.643. The lowest BCUT2D eigenvalue weighted by Crippen LogP contribution is -2.32. The number of para-hydroxylation sites is 1. The van der Waals surface area contributed by atoms with E-state index in [9.17, 15) is 4.79 Å². The van der Waals surface area contributed by atoms with E-state index >= 15 is 0 Å². The first kappa shape index (κ1) is 19.1. The summed E-state index contributed by atoms with van der Waals surface area (Å²) in [6.45, 7) is 4.26. The summed E-state index contributed by atoms with van der Waals surface area (Å²) >= 11 is 0. The molecule has 1 saturated heterocycles. The standard InChI is InChI=1S/C21H25N7O/c29-21(24-17-7-3-1-4-8-17)19-9-10-20(26-25-19)23-18-15-22-28(16-18)14-13-27-11-5-2-6-12-27/h1,3-4,7-10,15-16H,2,5-6,11-14H2,(H,23,26)(H,24,29). The lowest BCUT2D eigenvalue weighted by molar-refractivity contribution is 0.102. The van der Waals surface area contributed by atoms with Crippen LogP contribution in [0.25, 0.3) is 0 Å². The van der Waals surface area contributed by atoms with Gasteiger partial charge in [0.15, 0.2) is 11.5 Å². The van der Waals surface area contributed by atoms with E-state index in [0.29, 0.717) is 5.82 Å². The Morgan fingerprint density at radius 3 is 2.52 bits per heavy atom. The average Bonchev–Trinajstić information content (AvgIpc) is 3.21. The number of likely N-dealkylation sites (tertiary alicyclic amines) is 1. The van der Waals surface area contributed by atoms with Crippen molar-refractivity contribution in [2.24, 2.45) is 0 Å². The number of hydrogen-bond donors (Lipinski definition) is 2. The van der Waals surface area contributed by atoms with Crippen LogP contribution >= 0.6 is 0 Å². The van der Waals surface area contributed by atoms with Crippen LogP contribution in [-0.2, 0) is 6.54 Å². The molecule has 1 amide bonds. The first-order chi connectivity index (χ1) is 14.3. The predicted octanol–water partition coefficient (Wildman–Crippen LogP) is 3.15. The number of piperidine rings is 1. The molecule has 8 nitrogen and oxygen atoms in total. The number of carbonyl (C=O) groups is 1. The van der Waals surface area contributed by atoms with E-state index in [2.05, 4.69) is 30.8 Å². The first-order valence-electron chi connectivity index (χ1n) is 9.98. The molecule has 1 aromatic carbocycles. The van der Waals surface area contributed by atoms with Crippen molar-refractivity contribution in [2.75, 3.05) is 30.3 Å². The highest BCUT2D eigenvalue weighted by atomic mass is 16.1. The zero-order chi connectivity index (χ0) is 19.9. The Balaban J connectivity index is 1.29. The molecule has 2 aromatic heterocycles. The van der Waals surface area contributed by atoms with Crippen molar-refractivity contribution in [1.82, 2.24) is 24.9 Å². The molecule has 150 valence electrons. The molecule has 0 saturated carbocycles. The fourth-order valence-corrected chi connectivity index (χ4v) is 3.36. The molecule has 4 rings (SSSR count). The molecule has 8 heteroatoms. The van der Waals surface area contributed by atoms with Crippen molar-refractivity contribution in [3.8, 4) is 0 Å². The summed E-state index contributed by atoms with van der Waals surface area (Å²) in [6, 6.07) is 12.6. The molecule has 1 fully saturated rings. The first-order valence-corrected chi connectivity index (χ1v) is 9.98. The molecule has 0 bridgehead atoms. The molecule has 0 radical (unpaired) electrons. The van der Waals surface area contributed by atoms with Crippen molar-refractivity contribution in [3.05, 3.63) is 60.6 Å². The molecule has 0 aliphatic carbocycles. The lowest BCUT2D eigenvalue weighted by Gasteiger charge is -2.26. The van der Waals surface area contributed by atoms with Gasteiger partial charge < -0.3 is 15.5 Å². The lowest BCUT2D eigenvalue weighted by atomic mass is 10.1. The van der Waals surface area contributed by atoms with E-state index in [0.717, 1.165) is 24.5 Å². The maximum Gasteiger partial charge on any atom is 0.276 e. The summed E-state index contributed by atoms with van der Waals surface area (Å²) in [5.41, 5.74) is 1.83. The van der Waals surface area contributed by atoms with Crippen LogP contribution in [0.15, 0.2) is 54.9 Å². The van der Waals surface area contributed by atoms with Gasteiger partial charge in [0.1, 0.15) is 0 Å². The van der Waals surface area contributed by atoms with E-state index in [1.165, 1.54) is 32.4 Å². The van der Waals surface area contributed by atoms with Gasteiger partial charge in [0.2, 0.25) is 0 Å². The van der Waals surface area contributed by atoms with E-state index < -0.39 is 0 Å². The van der Waals surface area contributed by atoms with Gasteiger partial charge >= 0.3 is 0 Å². The molecule has 3 heterocycles. The van der Waals surface area contributed by atoms with Gasteiger partial charge in [0.05, 0.1) is 18.4 Å². The van der Waals surface area contributed by atoms with Crippen molar-refractivity contribution in [1.29, 1.82) is 0 Å². The van der Waals surface area contributed by atoms with Gasteiger partial charge in [-0.25, -0.2) is 0 Å². The Morgan fingerprint density at radius 1 is 0.931 bits per heavy atom. The van der Waals surface area contributed by atoms with Gasteiger partial charge in [-0.2, -0.15) is 5.10 Å². The molecule has 1 aliphatic rings. The van der Waals surface area contributed by atoms with Gasteiger partial charge in [-0.3, -0.25) is 9.48 Å². The zero-order valence-corrected chi connectivity index (χ0v) is 16.3. The van der Waals surface area contributed by atoms with Gasteiger partial charge in [0.25, 0.3) is 5.91 Å². The van der Waals surface area contributed by atoms with Gasteiger partial charge in [-0.15, -0.1) is 10.2 Å². The SMILES string of the molecule is O=C(Nc1ccccc1)c1ccc(Nc2cnn(CCN3CCCCC3)c2)nn1. The van der Waals surface area contributed by atoms with Gasteiger partial charge in [0, 0.05) is 18.4 Å². The molecular weight excluding hydrogens is 366 g/mol. The number of hydrogen-bond acceptors (Lipinski definition) is 6. The molecular formula is C21H25N7O. The molecule has 3 aromatic rings. The minimum atomic E-state index is -0.291. The molecule has 0 spiro atoms. The fraction of sp³-hybridized carbons (Fsp3) is 0.333. The minimum absolute atomic E-state index is 0.261. The van der Waals surface area contributed by atoms with Crippen LogP contribution in [-0.4, -0.2) is 50.4 Å². The van der Waals surface area contributed by atoms with E-state index in [4.69, 9.17) is 0 Å². The molecule has 0 atom stereocenters. The smallest absolute Gasteiger partial charge is 0.276 e.